The first-order valence-corrected chi connectivity index (χ1v) is 43.3. The Morgan fingerprint density at radius 3 is 2.28 bits per heavy atom. The minimum Gasteiger partial charge on any atom is -1.00 e. The molecule has 15 aliphatic rings. The van der Waals surface area contributed by atoms with Gasteiger partial charge in [-0.3, -0.25) is 14.9 Å². The number of benzene rings is 2. The fourth-order valence-corrected chi connectivity index (χ4v) is 23.1. The number of ether oxygens (including phenoxy) is 13. The van der Waals surface area contributed by atoms with Gasteiger partial charge >= 0.3 is 13.5 Å². The standard InChI is InChI=1S/C40H59NO11.C25H37NO3.C24H27N3O5S.ClH/c1-19-11-24-5-7-28-20(2)12-26(45-28)9-10-40-17-33-36(51-40)37-38(50-33)39(52-40)35-29(49-37)8-6-25(47-35)13-22(42)14-27-31(16-30(46-24)21(19)3)48-32(34(27)44-4)15-23(43)18-41;1-23(2,3)26-21(27)20-9-8-18-17-7-6-16-14-15(22(28)29)10-12-24(16,4)19(17)11-13-25(18,20)5;1-3-30-23(28)26-19-6-10-22(11-7-19)33-15-21-14-31-24(32-21,16-27-13-12-25-17-27)18-4-8-20(29-2)9-5-18;/h19,23-39,43H,2-3,5-18,41H2,1,4H3;6,14,17-20H,7-13H2,1-5H3,(H,26,27)(H,28,29);4-13,17,21H,3,14-16H2,1-2H3,(H,26,28);1H/t19-,23+,24+,25-,26+,27+,28+,29+,30-,31+,32-,33+,34-,35+,36+,37+,38-,39+,40+;;21-,24+;/m1.1./s1. The average Bonchev–Trinajstić information content (AvgIpc) is 1.48. The summed E-state index contributed by atoms with van der Waals surface area (Å²) in [6, 6.07) is 15.4. The van der Waals surface area contributed by atoms with Crippen molar-refractivity contribution in [2.45, 2.75) is 309 Å². The van der Waals surface area contributed by atoms with E-state index in [9.17, 15) is 29.4 Å². The van der Waals surface area contributed by atoms with E-state index in [1.54, 1.807) is 45.4 Å². The zero-order valence-electron chi connectivity index (χ0n) is 69.5. The highest BCUT2D eigenvalue weighted by atomic mass is 35.5. The van der Waals surface area contributed by atoms with Gasteiger partial charge in [-0.1, -0.05) is 40.0 Å². The fourth-order valence-electron chi connectivity index (χ4n) is 22.2. The average molecular weight is 1640 g/mol. The van der Waals surface area contributed by atoms with E-state index in [0.717, 1.165) is 117 Å². The predicted octanol–water partition coefficient (Wildman–Crippen LogP) is 10.2. The smallest absolute Gasteiger partial charge is 1.00 e. The molecule has 27 atom stereocenters. The van der Waals surface area contributed by atoms with Crippen molar-refractivity contribution in [2.75, 3.05) is 45.0 Å². The Morgan fingerprint density at radius 2 is 1.55 bits per heavy atom. The summed E-state index contributed by atoms with van der Waals surface area (Å²) in [4.78, 5) is 55.4. The number of nitrogens with one attached hydrogen (secondary N) is 2. The number of aliphatic hydroxyl groups is 1. The number of carboxylic acids is 1. The number of nitrogens with two attached hydrogens (primary N) is 1. The zero-order valence-corrected chi connectivity index (χ0v) is 70.0. The second-order valence-corrected chi connectivity index (χ2v) is 37.5. The van der Waals surface area contributed by atoms with Crippen LogP contribution in [0.25, 0.3) is 0 Å². The molecule has 632 valence electrons. The van der Waals surface area contributed by atoms with E-state index in [1.165, 1.54) is 5.57 Å². The topological polar surface area (TPSA) is 297 Å². The quantitative estimate of drug-likeness (QED) is 0.0698. The van der Waals surface area contributed by atoms with Crippen molar-refractivity contribution in [3.63, 3.8) is 0 Å². The van der Waals surface area contributed by atoms with Gasteiger partial charge in [0.2, 0.25) is 11.7 Å². The van der Waals surface area contributed by atoms with Crippen LogP contribution >= 0.6 is 11.8 Å². The number of hydrogen-bond acceptors (Lipinski definition) is 21. The minimum atomic E-state index is -0.897. The monoisotopic (exact) mass is 1630 g/mol. The number of carbonyl (C=O) groups excluding carboxylic acids is 3. The molecular weight excluding hydrogens is 1510 g/mol. The Morgan fingerprint density at radius 1 is 0.800 bits per heavy atom. The molecule has 12 heterocycles. The summed E-state index contributed by atoms with van der Waals surface area (Å²) in [5, 5.41) is 25.9. The molecule has 1 aromatic heterocycles. The molecule has 18 rings (SSSR count). The Labute approximate surface area is 689 Å². The largest absolute Gasteiger partial charge is 1.00 e. The Kier molecular flexibility index (Phi) is 26.6. The van der Waals surface area contributed by atoms with Gasteiger partial charge in [0, 0.05) is 109 Å². The number of anilines is 1. The van der Waals surface area contributed by atoms with Crippen molar-refractivity contribution < 1.29 is 105 Å². The number of thioether (sulfide) groups is 1. The summed E-state index contributed by atoms with van der Waals surface area (Å²) in [5.41, 5.74) is 11.4. The van der Waals surface area contributed by atoms with Crippen LogP contribution in [-0.2, 0) is 83.6 Å². The second-order valence-electron chi connectivity index (χ2n) is 36.5. The molecule has 2 saturated carbocycles. The molecule has 12 bridgehead atoms. The maximum Gasteiger partial charge on any atom is 1.00 e. The molecule has 1 spiro atoms. The van der Waals surface area contributed by atoms with Crippen molar-refractivity contribution in [1.29, 1.82) is 0 Å². The van der Waals surface area contributed by atoms with Crippen LogP contribution in [0.3, 0.4) is 0 Å². The van der Waals surface area contributed by atoms with Crippen molar-refractivity contribution in [1.82, 2.24) is 14.9 Å². The van der Waals surface area contributed by atoms with Crippen LogP contribution in [0, 0.1) is 46.3 Å². The third-order valence-corrected chi connectivity index (χ3v) is 29.1. The van der Waals surface area contributed by atoms with E-state index < -0.39 is 35.8 Å². The zero-order chi connectivity index (χ0) is 80.2. The number of nitrogens with zero attached hydrogens (tertiary/aromatic N) is 2. The van der Waals surface area contributed by atoms with Crippen molar-refractivity contribution >= 4 is 41.2 Å². The highest BCUT2D eigenvalue weighted by molar-refractivity contribution is 7.99. The number of rotatable bonds is 15. The first-order chi connectivity index (χ1) is 54.6. The van der Waals surface area contributed by atoms with Crippen LogP contribution in [0.1, 0.15) is 184 Å². The molecule has 26 heteroatoms. The van der Waals surface area contributed by atoms with Crippen LogP contribution in [-0.4, -0.2) is 198 Å². The summed E-state index contributed by atoms with van der Waals surface area (Å²) in [7, 11) is 3.30. The second kappa shape index (κ2) is 35.6. The van der Waals surface area contributed by atoms with Gasteiger partial charge in [0.1, 0.15) is 42.1 Å². The van der Waals surface area contributed by atoms with E-state index in [1.807, 2.05) is 65.4 Å². The third kappa shape index (κ3) is 18.2. The van der Waals surface area contributed by atoms with Crippen LogP contribution in [0.4, 0.5) is 10.5 Å². The lowest BCUT2D eigenvalue weighted by Crippen LogP contribution is -3.00. The fraction of sp³-hybridized carbons (Fsp3) is 0.697. The number of aliphatic hydroxyl groups excluding tert-OH is 1. The van der Waals surface area contributed by atoms with Gasteiger partial charge in [0.25, 0.3) is 0 Å². The number of halogens is 1. The molecule has 13 fully saturated rings. The van der Waals surface area contributed by atoms with E-state index in [4.69, 9.17) is 67.3 Å². The van der Waals surface area contributed by atoms with E-state index in [2.05, 4.69) is 76.4 Å². The molecule has 115 heavy (non-hydrogen) atoms. The number of carboxylic acid groups (broad SMARTS) is 1. The van der Waals surface area contributed by atoms with E-state index >= 15 is 0 Å². The molecule has 4 aliphatic carbocycles. The lowest BCUT2D eigenvalue weighted by Gasteiger charge is -2.57. The molecule has 11 aliphatic heterocycles. The molecule has 6 unspecified atom stereocenters. The molecule has 24 nitrogen and oxygen atoms in total. The van der Waals surface area contributed by atoms with Gasteiger partial charge in [-0.05, 0) is 223 Å². The van der Waals surface area contributed by atoms with Gasteiger partial charge < -0.3 is 99.8 Å². The summed E-state index contributed by atoms with van der Waals surface area (Å²) >= 11 is 1.68. The Bertz CT molecular complexity index is 4000. The van der Waals surface area contributed by atoms with Gasteiger partial charge in [0.15, 0.2) is 5.79 Å². The number of methoxy groups -OCH3 is 2. The SMILES string of the molecule is C=C1C[C@@H]2CC[C@@]34C[C@@H]5O[C@@H]6[C@@H](O[C@H]7CC[C@H](CC(=O)C[C@@H]8[C@@H](OC)[C@@H](C[C@H](O)CN)O[C@H]8C[C@H]8O[C@@H](CC[C@@H]1O2)C[C@@H](C)C8=C)O[C@@H]7[C@@H]6O3)[C@H]5O4.CC(C)(C)NC(=O)C1CCC2C3CC=C4C=C(C(=O)O)CCC4(C)C3CCC12C.CCOC(=O)Nc1ccc(SC[C@H]2CO[C@](Cn3ccnc3)(c3ccc(OC)cc3)O2)cc1.[Cl-].[H+]. The summed E-state index contributed by atoms with van der Waals surface area (Å²) in [6.07, 6.45) is 21.1. The number of hydrogen-bond donors (Lipinski definition) is 5. The number of ketones is 1. The lowest BCUT2D eigenvalue weighted by molar-refractivity contribution is -0.292. The number of Topliss-reactive ketones (excluding diaryl/α,β-unsaturated/α-hetero) is 1. The summed E-state index contributed by atoms with van der Waals surface area (Å²) < 4.78 is 84.9. The first kappa shape index (κ1) is 85.8. The van der Waals surface area contributed by atoms with Gasteiger partial charge in [-0.15, -0.1) is 11.8 Å². The number of allylic oxidation sites excluding steroid dienone is 3. The predicted molar refractivity (Wildman–Crippen MR) is 427 cm³/mol. The van der Waals surface area contributed by atoms with E-state index in [0.29, 0.717) is 80.9 Å². The highest BCUT2D eigenvalue weighted by Crippen LogP contribution is 2.66. The van der Waals surface area contributed by atoms with Crippen molar-refractivity contribution in [3.8, 4) is 5.75 Å². The number of fused-ring (bicyclic) bond motifs is 11. The van der Waals surface area contributed by atoms with Gasteiger partial charge in [-0.2, -0.15) is 0 Å². The Balaban J connectivity index is 0.000000159. The highest BCUT2D eigenvalue weighted by Gasteiger charge is 2.69. The molecule has 2 amide bonds. The Hall–Kier alpha value is -5.59. The molecular formula is C89H124ClN5O19S. The molecule has 6 N–H and O–H groups in total. The van der Waals surface area contributed by atoms with Gasteiger partial charge in [-0.25, -0.2) is 14.6 Å². The van der Waals surface area contributed by atoms with Crippen LogP contribution in [0.15, 0.2) is 120 Å². The first-order valence-electron chi connectivity index (χ1n) is 42.3. The number of imidazole rings is 1. The normalized spacial score (nSPS) is 39.8. The van der Waals surface area contributed by atoms with Crippen LogP contribution in [0.5, 0.6) is 5.75 Å². The van der Waals surface area contributed by atoms with E-state index in [-0.39, 0.29) is 171 Å². The number of aromatic nitrogens is 2. The van der Waals surface area contributed by atoms with Crippen LogP contribution < -0.4 is 33.5 Å². The number of aliphatic carboxylic acids is 1. The lowest BCUT2D eigenvalue weighted by atomic mass is 9.48. The maximum absolute atomic E-state index is 14.1. The number of amides is 2. The van der Waals surface area contributed by atoms with Crippen molar-refractivity contribution in [3.05, 3.63) is 120 Å². The van der Waals surface area contributed by atoms with Gasteiger partial charge in [0.05, 0.1) is 106 Å². The molecule has 2 aromatic carbocycles. The maximum atomic E-state index is 14.1. The third-order valence-electron chi connectivity index (χ3n) is 28.0. The molecule has 11 saturated heterocycles. The van der Waals surface area contributed by atoms with Crippen LogP contribution in [0.2, 0.25) is 0 Å². The van der Waals surface area contributed by atoms with Crippen molar-refractivity contribution in [2.24, 2.45) is 52.1 Å². The summed E-state index contributed by atoms with van der Waals surface area (Å²) in [6.45, 7) is 25.3. The molecule has 3 aromatic rings. The molecule has 0 radical (unpaired) electrons. The summed E-state index contributed by atoms with van der Waals surface area (Å²) in [5.74, 6) is 1.41. The minimum absolute atomic E-state index is 0. The number of carbonyl (C=O) groups is 4.